The van der Waals surface area contributed by atoms with Crippen LogP contribution in [0.4, 0.5) is 13.2 Å². The van der Waals surface area contributed by atoms with Gasteiger partial charge in [0.2, 0.25) is 0 Å². The molecule has 1 saturated heterocycles. The fourth-order valence-corrected chi connectivity index (χ4v) is 3.32. The van der Waals surface area contributed by atoms with Crippen molar-refractivity contribution in [2.24, 2.45) is 11.8 Å². The van der Waals surface area contributed by atoms with Gasteiger partial charge in [-0.15, -0.1) is 0 Å². The molecule has 0 saturated carbocycles. The summed E-state index contributed by atoms with van der Waals surface area (Å²) in [5.41, 5.74) is -0.585. The van der Waals surface area contributed by atoms with E-state index in [1.807, 2.05) is 0 Å². The van der Waals surface area contributed by atoms with Gasteiger partial charge in [-0.3, -0.25) is 14.9 Å². The molecule has 0 amide bonds. The van der Waals surface area contributed by atoms with E-state index >= 15 is 0 Å². The number of esters is 2. The lowest BCUT2D eigenvalue weighted by molar-refractivity contribution is -0.204. The summed E-state index contributed by atoms with van der Waals surface area (Å²) >= 11 is 0. The molecular formula is C19H24F3NO5. The predicted molar refractivity (Wildman–Crippen MR) is 93.6 cm³/mol. The second kappa shape index (κ2) is 7.98. The van der Waals surface area contributed by atoms with Gasteiger partial charge >= 0.3 is 18.1 Å². The Kier molecular flexibility index (Phi) is 6.27. The van der Waals surface area contributed by atoms with E-state index in [2.05, 4.69) is 10.1 Å². The van der Waals surface area contributed by atoms with Crippen LogP contribution in [0, 0.1) is 11.8 Å². The second-order valence-electron chi connectivity index (χ2n) is 7.54. The highest BCUT2D eigenvalue weighted by Gasteiger charge is 2.62. The van der Waals surface area contributed by atoms with Crippen LogP contribution in [0.2, 0.25) is 0 Å². The summed E-state index contributed by atoms with van der Waals surface area (Å²) in [5.74, 6) is -5.56. The summed E-state index contributed by atoms with van der Waals surface area (Å²) < 4.78 is 56.5. The Morgan fingerprint density at radius 3 is 2.00 bits per heavy atom. The lowest BCUT2D eigenvalue weighted by atomic mass is 9.83. The summed E-state index contributed by atoms with van der Waals surface area (Å²) in [4.78, 5) is 24.8. The first-order valence-electron chi connectivity index (χ1n) is 8.66. The van der Waals surface area contributed by atoms with Crippen LogP contribution in [0.5, 0.6) is 5.75 Å². The molecule has 0 bridgehead atoms. The van der Waals surface area contributed by atoms with Crippen molar-refractivity contribution in [3.8, 4) is 5.75 Å². The van der Waals surface area contributed by atoms with Crippen molar-refractivity contribution in [1.82, 2.24) is 5.32 Å². The Hall–Kier alpha value is -2.29. The number of methoxy groups -OCH3 is 2. The van der Waals surface area contributed by atoms with Gasteiger partial charge in [0, 0.05) is 6.04 Å². The fourth-order valence-electron chi connectivity index (χ4n) is 3.32. The molecule has 1 aliphatic rings. The topological polar surface area (TPSA) is 73.9 Å². The molecule has 0 aromatic heterocycles. The summed E-state index contributed by atoms with van der Waals surface area (Å²) in [6.45, 7) is 4.70. The molecule has 1 aromatic carbocycles. The number of ether oxygens (including phenoxy) is 3. The van der Waals surface area contributed by atoms with Crippen LogP contribution < -0.4 is 10.1 Å². The second-order valence-corrected chi connectivity index (χ2v) is 7.54. The Balaban J connectivity index is 2.52. The largest absolute Gasteiger partial charge is 0.497 e. The average Bonchev–Trinajstić information content (AvgIpc) is 3.00. The third kappa shape index (κ3) is 4.76. The lowest BCUT2D eigenvalue weighted by Gasteiger charge is -2.29. The zero-order valence-corrected chi connectivity index (χ0v) is 16.3. The van der Waals surface area contributed by atoms with E-state index in [0.29, 0.717) is 11.3 Å². The zero-order chi connectivity index (χ0) is 21.3. The minimum Gasteiger partial charge on any atom is -0.497 e. The van der Waals surface area contributed by atoms with Gasteiger partial charge in [0.05, 0.1) is 26.1 Å². The maximum atomic E-state index is 13.9. The highest BCUT2D eigenvalue weighted by molar-refractivity contribution is 5.82. The van der Waals surface area contributed by atoms with Crippen LogP contribution in [-0.2, 0) is 19.1 Å². The maximum Gasteiger partial charge on any atom is 0.394 e. The molecule has 0 unspecified atom stereocenters. The van der Waals surface area contributed by atoms with Gasteiger partial charge in [-0.25, -0.2) is 0 Å². The molecule has 0 radical (unpaired) electrons. The molecule has 1 heterocycles. The third-order valence-electron chi connectivity index (χ3n) is 4.45. The minimum absolute atomic E-state index is 0.400. The smallest absolute Gasteiger partial charge is 0.394 e. The van der Waals surface area contributed by atoms with Crippen molar-refractivity contribution in [3.63, 3.8) is 0 Å². The molecule has 28 heavy (non-hydrogen) atoms. The molecule has 0 spiro atoms. The first kappa shape index (κ1) is 22.0. The summed E-state index contributed by atoms with van der Waals surface area (Å²) in [6, 6.07) is 3.40. The number of alkyl halides is 3. The number of benzene rings is 1. The maximum absolute atomic E-state index is 13.9. The normalized spacial score (nSPS) is 25.3. The summed E-state index contributed by atoms with van der Waals surface area (Å²) in [7, 11) is 2.46. The molecule has 0 aliphatic carbocycles. The fraction of sp³-hybridized carbons (Fsp3) is 0.579. The first-order chi connectivity index (χ1) is 12.9. The van der Waals surface area contributed by atoms with Crippen LogP contribution in [0.3, 0.4) is 0 Å². The van der Waals surface area contributed by atoms with Gasteiger partial charge in [0.1, 0.15) is 17.4 Å². The van der Waals surface area contributed by atoms with Crippen molar-refractivity contribution in [1.29, 1.82) is 0 Å². The quantitative estimate of drug-likeness (QED) is 0.780. The molecule has 1 fully saturated rings. The molecular weight excluding hydrogens is 379 g/mol. The molecule has 1 N–H and O–H groups in total. The highest BCUT2D eigenvalue weighted by Crippen LogP contribution is 2.47. The molecule has 1 aliphatic heterocycles. The molecule has 9 heteroatoms. The van der Waals surface area contributed by atoms with Gasteiger partial charge in [-0.2, -0.15) is 13.2 Å². The van der Waals surface area contributed by atoms with Crippen LogP contribution in [-0.4, -0.2) is 44.0 Å². The minimum atomic E-state index is -4.82. The SMILES string of the molecule is COC(=O)[C@@H]1N[C@H](c2ccc(OC)cc2)[C@H](C(=O)OC(C)(C)C)[C@H]1C(F)(F)F. The molecule has 4 atom stereocenters. The average molecular weight is 403 g/mol. The van der Waals surface area contributed by atoms with E-state index < -0.39 is 47.6 Å². The van der Waals surface area contributed by atoms with Crippen molar-refractivity contribution in [2.45, 2.75) is 44.6 Å². The van der Waals surface area contributed by atoms with Crippen molar-refractivity contribution >= 4 is 11.9 Å². The monoisotopic (exact) mass is 403 g/mol. The Morgan fingerprint density at radius 1 is 1.00 bits per heavy atom. The Labute approximate surface area is 161 Å². The number of carbonyl (C=O) groups excluding carboxylic acids is 2. The zero-order valence-electron chi connectivity index (χ0n) is 16.3. The number of hydrogen-bond acceptors (Lipinski definition) is 6. The van der Waals surface area contributed by atoms with Crippen LogP contribution in [0.1, 0.15) is 32.4 Å². The van der Waals surface area contributed by atoms with Crippen LogP contribution in [0.15, 0.2) is 24.3 Å². The molecule has 6 nitrogen and oxygen atoms in total. The van der Waals surface area contributed by atoms with Gasteiger partial charge in [0.25, 0.3) is 0 Å². The number of hydrogen-bond donors (Lipinski definition) is 1. The third-order valence-corrected chi connectivity index (χ3v) is 4.45. The summed E-state index contributed by atoms with van der Waals surface area (Å²) in [6.07, 6.45) is -4.82. The van der Waals surface area contributed by atoms with Crippen LogP contribution >= 0.6 is 0 Å². The molecule has 2 rings (SSSR count). The predicted octanol–water partition coefficient (Wildman–Crippen LogP) is 3.02. The lowest BCUT2D eigenvalue weighted by Crippen LogP contribution is -2.45. The van der Waals surface area contributed by atoms with Crippen molar-refractivity contribution in [3.05, 3.63) is 29.8 Å². The number of rotatable bonds is 4. The van der Waals surface area contributed by atoms with Gasteiger partial charge in [0.15, 0.2) is 0 Å². The Morgan fingerprint density at radius 2 is 1.57 bits per heavy atom. The first-order valence-corrected chi connectivity index (χ1v) is 8.66. The number of halogens is 3. The van der Waals surface area contributed by atoms with E-state index in [-0.39, 0.29) is 0 Å². The van der Waals surface area contributed by atoms with E-state index in [4.69, 9.17) is 9.47 Å². The molecule has 1 aromatic rings. The van der Waals surface area contributed by atoms with Gasteiger partial charge in [-0.1, -0.05) is 12.1 Å². The van der Waals surface area contributed by atoms with Gasteiger partial charge in [-0.05, 0) is 38.5 Å². The van der Waals surface area contributed by atoms with E-state index in [0.717, 1.165) is 7.11 Å². The van der Waals surface area contributed by atoms with Gasteiger partial charge < -0.3 is 14.2 Å². The van der Waals surface area contributed by atoms with E-state index in [1.165, 1.54) is 7.11 Å². The van der Waals surface area contributed by atoms with Crippen molar-refractivity contribution < 1.29 is 37.0 Å². The molecule has 156 valence electrons. The van der Waals surface area contributed by atoms with E-state index in [1.54, 1.807) is 45.0 Å². The Bertz CT molecular complexity index is 712. The number of carbonyl (C=O) groups is 2. The van der Waals surface area contributed by atoms with Crippen LogP contribution in [0.25, 0.3) is 0 Å². The van der Waals surface area contributed by atoms with E-state index in [9.17, 15) is 22.8 Å². The van der Waals surface area contributed by atoms with Crippen molar-refractivity contribution in [2.75, 3.05) is 14.2 Å². The standard InChI is InChI=1S/C19H24F3NO5/c1-18(2,3)28-16(24)12-13(19(20,21)22)15(17(25)27-5)23-14(12)10-6-8-11(26-4)9-7-10/h6-9,12-15,23H,1-5H3/t12-,13-,14-,15-/m1/s1. The number of nitrogens with one attached hydrogen (secondary N) is 1. The summed E-state index contributed by atoms with van der Waals surface area (Å²) in [5, 5.41) is 2.63. The highest BCUT2D eigenvalue weighted by atomic mass is 19.4.